The number of fused-ring (bicyclic) bond motifs is 1. The number of amides is 1. The van der Waals surface area contributed by atoms with Gasteiger partial charge in [0.05, 0.1) is 35.0 Å². The van der Waals surface area contributed by atoms with Crippen molar-refractivity contribution in [2.24, 2.45) is 0 Å². The van der Waals surface area contributed by atoms with Crippen LogP contribution in [0.15, 0.2) is 53.2 Å². The van der Waals surface area contributed by atoms with E-state index in [1.807, 2.05) is 0 Å². The molecule has 7 nitrogen and oxygen atoms in total. The minimum atomic E-state index is -4.60. The molecule has 0 atom stereocenters. The van der Waals surface area contributed by atoms with Gasteiger partial charge in [-0.25, -0.2) is 9.97 Å². The predicted octanol–water partition coefficient (Wildman–Crippen LogP) is 4.87. The number of rotatable bonds is 4. The molecule has 0 fully saturated rings. The van der Waals surface area contributed by atoms with E-state index < -0.39 is 17.6 Å². The fourth-order valence-electron chi connectivity index (χ4n) is 3.20. The van der Waals surface area contributed by atoms with Gasteiger partial charge in [-0.05, 0) is 31.2 Å². The van der Waals surface area contributed by atoms with E-state index >= 15 is 0 Å². The first-order chi connectivity index (χ1) is 14.8. The lowest BCUT2D eigenvalue weighted by molar-refractivity contribution is -0.137. The zero-order valence-corrected chi connectivity index (χ0v) is 16.3. The van der Waals surface area contributed by atoms with Crippen LogP contribution < -0.4 is 10.1 Å². The number of nitrogens with zero attached hydrogens (tertiary/aromatic N) is 3. The fraction of sp³-hybridized carbons (Fsp3) is 0.143. The van der Waals surface area contributed by atoms with Crippen molar-refractivity contribution in [1.82, 2.24) is 15.1 Å². The van der Waals surface area contributed by atoms with Gasteiger partial charge in [-0.15, -0.1) is 0 Å². The lowest BCUT2D eigenvalue weighted by Crippen LogP contribution is -2.14. The molecule has 0 unspecified atom stereocenters. The molecular formula is C21H15F3N4O3. The Labute approximate surface area is 173 Å². The number of hydrogen-bond acceptors (Lipinski definition) is 6. The highest BCUT2D eigenvalue weighted by molar-refractivity contribution is 6.13. The minimum Gasteiger partial charge on any atom is -0.480 e. The molecule has 0 aliphatic heterocycles. The third-order valence-corrected chi connectivity index (χ3v) is 4.58. The maximum Gasteiger partial charge on any atom is 0.417 e. The van der Waals surface area contributed by atoms with Crippen molar-refractivity contribution in [3.05, 3.63) is 65.5 Å². The number of carbonyl (C=O) groups is 1. The number of halogens is 3. The van der Waals surface area contributed by atoms with Crippen molar-refractivity contribution < 1.29 is 27.2 Å². The molecular weight excluding hydrogens is 413 g/mol. The summed E-state index contributed by atoms with van der Waals surface area (Å²) in [4.78, 5) is 21.3. The summed E-state index contributed by atoms with van der Waals surface area (Å²) in [5.74, 6) is -0.415. The summed E-state index contributed by atoms with van der Waals surface area (Å²) in [5, 5.41) is 6.77. The van der Waals surface area contributed by atoms with Gasteiger partial charge in [0.1, 0.15) is 5.69 Å². The van der Waals surface area contributed by atoms with Crippen molar-refractivity contribution in [1.29, 1.82) is 0 Å². The van der Waals surface area contributed by atoms with Crippen LogP contribution in [0.5, 0.6) is 5.88 Å². The van der Waals surface area contributed by atoms with Crippen LogP contribution in [-0.4, -0.2) is 28.1 Å². The Morgan fingerprint density at radius 2 is 1.94 bits per heavy atom. The lowest BCUT2D eigenvalue weighted by atomic mass is 10.0. The maximum atomic E-state index is 13.5. The second-order valence-corrected chi connectivity index (χ2v) is 6.56. The molecule has 0 aliphatic carbocycles. The van der Waals surface area contributed by atoms with Gasteiger partial charge in [0.15, 0.2) is 0 Å². The molecule has 0 bridgehead atoms. The number of carbonyl (C=O) groups excluding carboxylic acids is 1. The van der Waals surface area contributed by atoms with Gasteiger partial charge in [0.2, 0.25) is 5.88 Å². The van der Waals surface area contributed by atoms with Crippen molar-refractivity contribution in [2.45, 2.75) is 13.1 Å². The van der Waals surface area contributed by atoms with Crippen molar-refractivity contribution in [2.75, 3.05) is 12.4 Å². The molecule has 1 aromatic carbocycles. The number of alkyl halides is 3. The van der Waals surface area contributed by atoms with Crippen LogP contribution in [0.3, 0.4) is 0 Å². The molecule has 0 saturated carbocycles. The van der Waals surface area contributed by atoms with Crippen LogP contribution in [0.2, 0.25) is 0 Å². The number of aryl methyl sites for hydroxylation is 1. The highest BCUT2D eigenvalue weighted by Gasteiger charge is 2.34. The minimum absolute atomic E-state index is 0.0460. The summed E-state index contributed by atoms with van der Waals surface area (Å²) in [5.41, 5.74) is -0.443. The Kier molecular flexibility index (Phi) is 5.05. The lowest BCUT2D eigenvalue weighted by Gasteiger charge is -2.13. The highest BCUT2D eigenvalue weighted by Crippen LogP contribution is 2.37. The number of anilines is 1. The van der Waals surface area contributed by atoms with Crippen LogP contribution in [0.25, 0.3) is 22.4 Å². The molecule has 10 heteroatoms. The van der Waals surface area contributed by atoms with Crippen LogP contribution >= 0.6 is 0 Å². The van der Waals surface area contributed by atoms with E-state index in [4.69, 9.17) is 9.26 Å². The van der Waals surface area contributed by atoms with Gasteiger partial charge >= 0.3 is 6.18 Å². The SMILES string of the molecule is COc1ncccc1NC(=O)c1cc(-c2ccccc2C(F)(F)F)nc2onc(C)c12. The topological polar surface area (TPSA) is 90.1 Å². The fourth-order valence-corrected chi connectivity index (χ4v) is 3.20. The van der Waals surface area contributed by atoms with Gasteiger partial charge in [0, 0.05) is 11.8 Å². The summed E-state index contributed by atoms with van der Waals surface area (Å²) >= 11 is 0. The Bertz CT molecular complexity index is 1280. The first-order valence-corrected chi connectivity index (χ1v) is 9.03. The molecule has 0 saturated heterocycles. The zero-order chi connectivity index (χ0) is 22.2. The van der Waals surface area contributed by atoms with Crippen LogP contribution in [0, 0.1) is 6.92 Å². The molecule has 1 amide bonds. The smallest absolute Gasteiger partial charge is 0.417 e. The van der Waals surface area contributed by atoms with E-state index in [9.17, 15) is 18.0 Å². The number of benzene rings is 1. The summed E-state index contributed by atoms with van der Waals surface area (Å²) in [7, 11) is 1.40. The Hall–Kier alpha value is -3.95. The molecule has 158 valence electrons. The molecule has 31 heavy (non-hydrogen) atoms. The second kappa shape index (κ2) is 7.71. The number of nitrogens with one attached hydrogen (secondary N) is 1. The van der Waals surface area contributed by atoms with Crippen molar-refractivity contribution in [3.8, 4) is 17.1 Å². The quantitative estimate of drug-likeness (QED) is 0.499. The number of pyridine rings is 2. The molecule has 0 radical (unpaired) electrons. The van der Waals surface area contributed by atoms with Gasteiger partial charge in [0.25, 0.3) is 11.6 Å². The Balaban J connectivity index is 1.87. The number of ether oxygens (including phenoxy) is 1. The Morgan fingerprint density at radius 3 is 2.68 bits per heavy atom. The molecule has 0 aliphatic rings. The van der Waals surface area contributed by atoms with E-state index in [1.165, 1.54) is 37.6 Å². The van der Waals surface area contributed by atoms with E-state index in [0.29, 0.717) is 16.8 Å². The summed E-state index contributed by atoms with van der Waals surface area (Å²) in [6.07, 6.45) is -3.11. The van der Waals surface area contributed by atoms with Gasteiger partial charge < -0.3 is 14.6 Å². The van der Waals surface area contributed by atoms with Crippen molar-refractivity contribution >= 4 is 22.7 Å². The summed E-state index contributed by atoms with van der Waals surface area (Å²) in [6, 6.07) is 9.46. The van der Waals surface area contributed by atoms with Crippen LogP contribution in [0.1, 0.15) is 21.6 Å². The molecule has 3 heterocycles. The van der Waals surface area contributed by atoms with E-state index in [2.05, 4.69) is 20.4 Å². The summed E-state index contributed by atoms with van der Waals surface area (Å²) < 4.78 is 50.8. The molecule has 4 aromatic rings. The maximum absolute atomic E-state index is 13.5. The molecule has 1 N–H and O–H groups in total. The normalized spacial score (nSPS) is 11.5. The average Bonchev–Trinajstić information content (AvgIpc) is 3.13. The third kappa shape index (κ3) is 3.79. The van der Waals surface area contributed by atoms with Gasteiger partial charge in [-0.3, -0.25) is 4.79 Å². The average molecular weight is 428 g/mol. The van der Waals surface area contributed by atoms with Crippen LogP contribution in [0.4, 0.5) is 18.9 Å². The number of methoxy groups -OCH3 is 1. The predicted molar refractivity (Wildman–Crippen MR) is 106 cm³/mol. The second-order valence-electron chi connectivity index (χ2n) is 6.56. The molecule has 3 aromatic heterocycles. The number of aromatic nitrogens is 3. The van der Waals surface area contributed by atoms with Crippen molar-refractivity contribution in [3.63, 3.8) is 0 Å². The number of hydrogen-bond donors (Lipinski definition) is 1. The zero-order valence-electron chi connectivity index (χ0n) is 16.3. The van der Waals surface area contributed by atoms with E-state index in [-0.39, 0.29) is 28.4 Å². The highest BCUT2D eigenvalue weighted by atomic mass is 19.4. The first-order valence-electron chi connectivity index (χ1n) is 9.03. The largest absolute Gasteiger partial charge is 0.480 e. The third-order valence-electron chi connectivity index (χ3n) is 4.58. The van der Waals surface area contributed by atoms with Gasteiger partial charge in [-0.1, -0.05) is 23.4 Å². The van der Waals surface area contributed by atoms with Gasteiger partial charge in [-0.2, -0.15) is 13.2 Å². The standard InChI is InChI=1S/C21H15F3N4O3/c1-11-17-13(18(29)26-15-8-5-9-25-19(15)30-2)10-16(27-20(17)31-28-11)12-6-3-4-7-14(12)21(22,23)24/h3-10H,1-2H3,(H,26,29). The van der Waals surface area contributed by atoms with E-state index in [1.54, 1.807) is 19.1 Å². The van der Waals surface area contributed by atoms with E-state index in [0.717, 1.165) is 6.07 Å². The first kappa shape index (κ1) is 20.3. The monoisotopic (exact) mass is 428 g/mol. The Morgan fingerprint density at radius 1 is 1.16 bits per heavy atom. The molecule has 4 rings (SSSR count). The summed E-state index contributed by atoms with van der Waals surface area (Å²) in [6.45, 7) is 1.61. The van der Waals surface area contributed by atoms with Crippen LogP contribution in [-0.2, 0) is 6.18 Å². The molecule has 0 spiro atoms.